The predicted octanol–water partition coefficient (Wildman–Crippen LogP) is 3.05. The largest absolute Gasteiger partial charge is 0.312 e. The summed E-state index contributed by atoms with van der Waals surface area (Å²) in [7, 11) is -1.15. The summed E-state index contributed by atoms with van der Waals surface area (Å²) in [6, 6.07) is 9.97. The third-order valence-electron chi connectivity index (χ3n) is 4.63. The van der Waals surface area contributed by atoms with Crippen molar-refractivity contribution in [3.05, 3.63) is 29.8 Å². The molecule has 0 aromatic heterocycles. The lowest BCUT2D eigenvalue weighted by Gasteiger charge is -2.20. The van der Waals surface area contributed by atoms with Crippen LogP contribution in [0.2, 0.25) is 19.6 Å². The molecule has 2 rings (SSSR count). The van der Waals surface area contributed by atoms with Gasteiger partial charge in [0, 0.05) is 19.1 Å². The highest BCUT2D eigenvalue weighted by Crippen LogP contribution is 2.17. The number of likely N-dealkylation sites (tertiary alicyclic amines) is 1. The van der Waals surface area contributed by atoms with Crippen molar-refractivity contribution in [1.82, 2.24) is 10.2 Å². The van der Waals surface area contributed by atoms with Crippen LogP contribution in [0.15, 0.2) is 24.3 Å². The summed E-state index contributed by atoms with van der Waals surface area (Å²) >= 11 is 0. The zero-order chi connectivity index (χ0) is 15.5. The number of nitrogens with one attached hydrogen (secondary N) is 1. The van der Waals surface area contributed by atoms with Gasteiger partial charge in [0.15, 0.2) is 0 Å². The van der Waals surface area contributed by atoms with Crippen LogP contribution in [-0.2, 0) is 6.54 Å². The van der Waals surface area contributed by atoms with Gasteiger partial charge in [-0.2, -0.15) is 0 Å². The third kappa shape index (κ3) is 4.94. The van der Waals surface area contributed by atoms with Crippen LogP contribution in [0.5, 0.6) is 0 Å². The Morgan fingerprint density at radius 1 is 1.19 bits per heavy atom. The van der Waals surface area contributed by atoms with Crippen LogP contribution in [0, 0.1) is 5.92 Å². The highest BCUT2D eigenvalue weighted by atomic mass is 28.3. The summed E-state index contributed by atoms with van der Waals surface area (Å²) in [4.78, 5) is 2.59. The maximum absolute atomic E-state index is 3.65. The Morgan fingerprint density at radius 3 is 2.38 bits per heavy atom. The van der Waals surface area contributed by atoms with Crippen molar-refractivity contribution in [3.8, 4) is 0 Å². The molecule has 3 heteroatoms. The van der Waals surface area contributed by atoms with Crippen LogP contribution in [0.25, 0.3) is 0 Å². The van der Waals surface area contributed by atoms with E-state index in [1.807, 2.05) is 0 Å². The second kappa shape index (κ2) is 7.08. The van der Waals surface area contributed by atoms with Crippen LogP contribution in [-0.4, -0.2) is 38.6 Å². The molecule has 1 unspecified atom stereocenters. The molecular formula is C18H32N2Si. The van der Waals surface area contributed by atoms with E-state index in [2.05, 4.69) is 68.0 Å². The first-order valence-electron chi connectivity index (χ1n) is 8.40. The maximum atomic E-state index is 3.65. The van der Waals surface area contributed by atoms with E-state index in [1.165, 1.54) is 25.1 Å². The molecule has 2 nitrogen and oxygen atoms in total. The lowest BCUT2D eigenvalue weighted by Crippen LogP contribution is -2.37. The molecule has 1 aromatic rings. The van der Waals surface area contributed by atoms with Crippen LogP contribution < -0.4 is 10.5 Å². The molecule has 0 bridgehead atoms. The Kier molecular flexibility index (Phi) is 5.64. The van der Waals surface area contributed by atoms with Gasteiger partial charge in [-0.15, -0.1) is 0 Å². The van der Waals surface area contributed by atoms with E-state index in [0.29, 0.717) is 6.04 Å². The Bertz CT molecular complexity index is 434. The molecule has 0 radical (unpaired) electrons. The minimum atomic E-state index is -1.15. The van der Waals surface area contributed by atoms with Crippen molar-refractivity contribution in [3.63, 3.8) is 0 Å². The third-order valence-corrected chi connectivity index (χ3v) is 6.70. The molecule has 1 fully saturated rings. The van der Waals surface area contributed by atoms with Crippen molar-refractivity contribution in [2.45, 2.75) is 52.5 Å². The molecule has 118 valence electrons. The van der Waals surface area contributed by atoms with Gasteiger partial charge in [-0.05, 0) is 44.8 Å². The normalized spacial score (nSPS) is 20.4. The molecular weight excluding hydrogens is 272 g/mol. The number of hydrogen-bond donors (Lipinski definition) is 1. The highest BCUT2D eigenvalue weighted by molar-refractivity contribution is 6.88. The second-order valence-electron chi connectivity index (χ2n) is 7.82. The standard InChI is InChI=1S/C18H32N2Si/c1-15(2)20-11-10-17(14-20)13-19-12-16-6-8-18(9-7-16)21(3,4)5/h6-9,15,17,19H,10-14H2,1-5H3. The van der Waals surface area contributed by atoms with Crippen molar-refractivity contribution < 1.29 is 0 Å². The monoisotopic (exact) mass is 304 g/mol. The number of nitrogens with zero attached hydrogens (tertiary/aromatic N) is 1. The Balaban J connectivity index is 1.74. The van der Waals surface area contributed by atoms with E-state index in [1.54, 1.807) is 5.19 Å². The highest BCUT2D eigenvalue weighted by Gasteiger charge is 2.23. The molecule has 0 aliphatic carbocycles. The van der Waals surface area contributed by atoms with Crippen molar-refractivity contribution in [1.29, 1.82) is 0 Å². The average molecular weight is 305 g/mol. The van der Waals surface area contributed by atoms with Crippen LogP contribution >= 0.6 is 0 Å². The summed E-state index contributed by atoms with van der Waals surface area (Å²) in [5, 5.41) is 5.20. The zero-order valence-electron chi connectivity index (χ0n) is 14.4. The van der Waals surface area contributed by atoms with E-state index in [9.17, 15) is 0 Å². The minimum absolute atomic E-state index is 0.698. The molecule has 1 aromatic carbocycles. The van der Waals surface area contributed by atoms with Crippen LogP contribution in [0.1, 0.15) is 25.8 Å². The molecule has 1 aliphatic heterocycles. The molecule has 0 amide bonds. The zero-order valence-corrected chi connectivity index (χ0v) is 15.4. The second-order valence-corrected chi connectivity index (χ2v) is 12.9. The van der Waals surface area contributed by atoms with Gasteiger partial charge in [-0.1, -0.05) is 49.1 Å². The Labute approximate surface area is 131 Å². The quantitative estimate of drug-likeness (QED) is 0.813. The summed E-state index contributed by atoms with van der Waals surface area (Å²) in [6.45, 7) is 16.5. The lowest BCUT2D eigenvalue weighted by atomic mass is 10.1. The first kappa shape index (κ1) is 16.7. The summed E-state index contributed by atoms with van der Waals surface area (Å²) in [6.07, 6.45) is 1.35. The fourth-order valence-corrected chi connectivity index (χ4v) is 4.21. The number of hydrogen-bond acceptors (Lipinski definition) is 2. The Hall–Kier alpha value is -0.643. The molecule has 1 heterocycles. The molecule has 0 spiro atoms. The molecule has 1 saturated heterocycles. The number of rotatable bonds is 6. The average Bonchev–Trinajstić information content (AvgIpc) is 2.87. The smallest absolute Gasteiger partial charge is 0.0775 e. The Morgan fingerprint density at radius 2 is 1.86 bits per heavy atom. The predicted molar refractivity (Wildman–Crippen MR) is 95.9 cm³/mol. The SMILES string of the molecule is CC(C)N1CCC(CNCc2ccc([Si](C)(C)C)cc2)C1. The van der Waals surface area contributed by atoms with Crippen molar-refractivity contribution in [2.24, 2.45) is 5.92 Å². The van der Waals surface area contributed by atoms with Gasteiger partial charge in [0.2, 0.25) is 0 Å². The van der Waals surface area contributed by atoms with E-state index in [4.69, 9.17) is 0 Å². The lowest BCUT2D eigenvalue weighted by molar-refractivity contribution is 0.264. The van der Waals surface area contributed by atoms with E-state index >= 15 is 0 Å². The molecule has 1 aliphatic rings. The van der Waals surface area contributed by atoms with Crippen LogP contribution in [0.4, 0.5) is 0 Å². The fourth-order valence-electron chi connectivity index (χ4n) is 3.04. The molecule has 21 heavy (non-hydrogen) atoms. The van der Waals surface area contributed by atoms with Gasteiger partial charge in [-0.25, -0.2) is 0 Å². The first-order chi connectivity index (χ1) is 9.86. The summed E-state index contributed by atoms with van der Waals surface area (Å²) in [5.41, 5.74) is 1.41. The van der Waals surface area contributed by atoms with E-state index in [0.717, 1.165) is 19.0 Å². The van der Waals surface area contributed by atoms with Gasteiger partial charge in [0.25, 0.3) is 0 Å². The van der Waals surface area contributed by atoms with Gasteiger partial charge < -0.3 is 10.2 Å². The van der Waals surface area contributed by atoms with Gasteiger partial charge in [-0.3, -0.25) is 0 Å². The minimum Gasteiger partial charge on any atom is -0.312 e. The van der Waals surface area contributed by atoms with Gasteiger partial charge in [0.05, 0.1) is 8.07 Å². The summed E-state index contributed by atoms with van der Waals surface area (Å²) in [5.74, 6) is 0.827. The number of benzene rings is 1. The van der Waals surface area contributed by atoms with Gasteiger partial charge in [0.1, 0.15) is 0 Å². The first-order valence-corrected chi connectivity index (χ1v) is 11.9. The van der Waals surface area contributed by atoms with E-state index in [-0.39, 0.29) is 0 Å². The van der Waals surface area contributed by atoms with Gasteiger partial charge >= 0.3 is 0 Å². The fraction of sp³-hybridized carbons (Fsp3) is 0.667. The maximum Gasteiger partial charge on any atom is 0.0775 e. The topological polar surface area (TPSA) is 15.3 Å². The molecule has 1 N–H and O–H groups in total. The molecule has 0 saturated carbocycles. The summed E-state index contributed by atoms with van der Waals surface area (Å²) < 4.78 is 0. The van der Waals surface area contributed by atoms with E-state index < -0.39 is 8.07 Å². The van der Waals surface area contributed by atoms with Crippen LogP contribution in [0.3, 0.4) is 0 Å². The van der Waals surface area contributed by atoms with Crippen molar-refractivity contribution >= 4 is 13.3 Å². The molecule has 1 atom stereocenters. The van der Waals surface area contributed by atoms with Crippen molar-refractivity contribution in [2.75, 3.05) is 19.6 Å².